The van der Waals surface area contributed by atoms with Crippen molar-refractivity contribution in [1.29, 1.82) is 0 Å². The van der Waals surface area contributed by atoms with Crippen molar-refractivity contribution in [1.82, 2.24) is 4.98 Å². The van der Waals surface area contributed by atoms with Crippen molar-refractivity contribution in [3.8, 4) is 11.3 Å². The molecule has 0 spiro atoms. The predicted octanol–water partition coefficient (Wildman–Crippen LogP) is 9.40. The largest absolute Gasteiger partial charge is 0.247 e. The van der Waals surface area contributed by atoms with Gasteiger partial charge < -0.3 is 0 Å². The van der Waals surface area contributed by atoms with E-state index in [-0.39, 0.29) is 0 Å². The molecule has 0 saturated heterocycles. The van der Waals surface area contributed by atoms with Gasteiger partial charge in [0.2, 0.25) is 0 Å². The van der Waals surface area contributed by atoms with Gasteiger partial charge in [0, 0.05) is 10.9 Å². The molecule has 0 bridgehead atoms. The molecular formula is C35H31N. The maximum absolute atomic E-state index is 5.01. The maximum atomic E-state index is 5.01. The van der Waals surface area contributed by atoms with E-state index in [1.165, 1.54) is 27.8 Å². The van der Waals surface area contributed by atoms with Gasteiger partial charge in [0.15, 0.2) is 0 Å². The van der Waals surface area contributed by atoms with E-state index in [0.717, 1.165) is 51.7 Å². The summed E-state index contributed by atoms with van der Waals surface area (Å²) in [7, 11) is 0. The van der Waals surface area contributed by atoms with Gasteiger partial charge in [0.25, 0.3) is 0 Å². The van der Waals surface area contributed by atoms with Gasteiger partial charge in [0.05, 0.1) is 11.2 Å². The quantitative estimate of drug-likeness (QED) is 0.258. The highest BCUT2D eigenvalue weighted by Crippen LogP contribution is 2.32. The molecule has 0 fully saturated rings. The fraction of sp³-hybridized carbons (Fsp3) is 0.114. The highest BCUT2D eigenvalue weighted by Gasteiger charge is 2.13. The number of hydrogen-bond donors (Lipinski definition) is 0. The minimum atomic E-state index is 0.977. The van der Waals surface area contributed by atoms with E-state index in [4.69, 9.17) is 4.98 Å². The lowest BCUT2D eigenvalue weighted by molar-refractivity contribution is 0.939. The first kappa shape index (κ1) is 23.5. The summed E-state index contributed by atoms with van der Waals surface area (Å²) in [5.41, 5.74) is 13.2. The molecule has 4 aromatic rings. The number of benzene rings is 3. The lowest BCUT2D eigenvalue weighted by Crippen LogP contribution is -2.01. The van der Waals surface area contributed by atoms with Gasteiger partial charge in [-0.05, 0) is 77.3 Å². The third kappa shape index (κ3) is 4.65. The summed E-state index contributed by atoms with van der Waals surface area (Å²) < 4.78 is 0. The molecule has 0 unspecified atom stereocenters. The van der Waals surface area contributed by atoms with Crippen LogP contribution in [0.25, 0.3) is 39.4 Å². The molecule has 1 heteroatoms. The van der Waals surface area contributed by atoms with E-state index in [2.05, 4.69) is 118 Å². The second-order valence-electron chi connectivity index (χ2n) is 9.39. The monoisotopic (exact) mass is 465 g/mol. The molecule has 0 radical (unpaired) electrons. The van der Waals surface area contributed by atoms with Gasteiger partial charge in [-0.15, -0.1) is 0 Å². The van der Waals surface area contributed by atoms with Crippen molar-refractivity contribution in [3.05, 3.63) is 144 Å². The van der Waals surface area contributed by atoms with Crippen LogP contribution >= 0.6 is 0 Å². The van der Waals surface area contributed by atoms with Crippen molar-refractivity contribution in [2.75, 3.05) is 0 Å². The van der Waals surface area contributed by atoms with Crippen LogP contribution in [0.4, 0.5) is 0 Å². The van der Waals surface area contributed by atoms with Gasteiger partial charge in [-0.25, -0.2) is 4.98 Å². The second kappa shape index (κ2) is 10.2. The molecule has 0 saturated carbocycles. The molecule has 0 aliphatic heterocycles. The van der Waals surface area contributed by atoms with Crippen molar-refractivity contribution in [2.24, 2.45) is 0 Å². The van der Waals surface area contributed by atoms with Crippen LogP contribution in [-0.2, 0) is 6.42 Å². The first-order valence-corrected chi connectivity index (χ1v) is 12.5. The predicted molar refractivity (Wildman–Crippen MR) is 157 cm³/mol. The van der Waals surface area contributed by atoms with Crippen molar-refractivity contribution in [2.45, 2.75) is 26.7 Å². The third-order valence-electron chi connectivity index (χ3n) is 7.17. The number of rotatable bonds is 6. The summed E-state index contributed by atoms with van der Waals surface area (Å²) in [6.07, 6.45) is 12.4. The molecule has 1 nitrogen and oxygen atoms in total. The lowest BCUT2D eigenvalue weighted by atomic mass is 9.86. The smallest absolute Gasteiger partial charge is 0.0744 e. The SMILES string of the molecule is C=C/C=C\c1ccc2ccc(-c3ccc(C(=C)/C=C\C4=C(C)c5ccccc5CC4)cc3)nc2c1C. The van der Waals surface area contributed by atoms with Gasteiger partial charge in [-0.2, -0.15) is 0 Å². The van der Waals surface area contributed by atoms with Gasteiger partial charge >= 0.3 is 0 Å². The van der Waals surface area contributed by atoms with Crippen LogP contribution in [0.5, 0.6) is 0 Å². The Hall–Kier alpha value is -4.23. The number of hydrogen-bond acceptors (Lipinski definition) is 1. The van der Waals surface area contributed by atoms with Crippen molar-refractivity contribution >= 4 is 28.1 Å². The number of aromatic nitrogens is 1. The fourth-order valence-electron chi connectivity index (χ4n) is 4.95. The Balaban J connectivity index is 1.37. The number of allylic oxidation sites excluding steroid dienone is 7. The first-order valence-electron chi connectivity index (χ1n) is 12.5. The van der Waals surface area contributed by atoms with Crippen molar-refractivity contribution < 1.29 is 0 Å². The van der Waals surface area contributed by atoms with Crippen molar-refractivity contribution in [3.63, 3.8) is 0 Å². The summed E-state index contributed by atoms with van der Waals surface area (Å²) >= 11 is 0. The standard InChI is InChI=1S/C35H31N/c1-5-6-9-28-17-21-32-22-23-34(36-35(32)26(28)4)31-19-14-27(15-20-31)24(2)12-13-29-16-18-30-10-7-8-11-33(30)25(29)3/h5-15,17,19-23H,1-2,16,18H2,3-4H3/b9-6-,13-12-. The van der Waals surface area contributed by atoms with E-state index < -0.39 is 0 Å². The topological polar surface area (TPSA) is 12.9 Å². The maximum Gasteiger partial charge on any atom is 0.0744 e. The number of fused-ring (bicyclic) bond motifs is 2. The van der Waals surface area contributed by atoms with Gasteiger partial charge in [0.1, 0.15) is 0 Å². The molecule has 0 N–H and O–H groups in total. The zero-order valence-corrected chi connectivity index (χ0v) is 21.1. The molecule has 5 rings (SSSR count). The molecule has 1 aliphatic rings. The summed E-state index contributed by atoms with van der Waals surface area (Å²) in [5, 5.41) is 1.15. The summed E-state index contributed by atoms with van der Waals surface area (Å²) in [6, 6.07) is 25.8. The molecule has 1 aliphatic carbocycles. The van der Waals surface area contributed by atoms with Crippen LogP contribution in [0.1, 0.15) is 41.2 Å². The zero-order chi connectivity index (χ0) is 25.1. The van der Waals surface area contributed by atoms with Crippen LogP contribution in [0, 0.1) is 6.92 Å². The molecule has 36 heavy (non-hydrogen) atoms. The molecule has 3 aromatic carbocycles. The summed E-state index contributed by atoms with van der Waals surface area (Å²) in [6.45, 7) is 12.5. The average molecular weight is 466 g/mol. The molecule has 1 aromatic heterocycles. The highest BCUT2D eigenvalue weighted by atomic mass is 14.7. The first-order chi connectivity index (χ1) is 17.5. The zero-order valence-electron chi connectivity index (χ0n) is 21.1. The average Bonchev–Trinajstić information content (AvgIpc) is 2.92. The number of aryl methyl sites for hydroxylation is 2. The normalized spacial score (nSPS) is 13.5. The Morgan fingerprint density at radius 2 is 1.64 bits per heavy atom. The van der Waals surface area contributed by atoms with Crippen LogP contribution < -0.4 is 0 Å². The molecule has 0 amide bonds. The lowest BCUT2D eigenvalue weighted by Gasteiger charge is -2.19. The number of nitrogens with zero attached hydrogens (tertiary/aromatic N) is 1. The highest BCUT2D eigenvalue weighted by molar-refractivity contribution is 5.87. The molecule has 1 heterocycles. The van der Waals surface area contributed by atoms with Gasteiger partial charge in [-0.3, -0.25) is 0 Å². The van der Waals surface area contributed by atoms with Crippen LogP contribution in [-0.4, -0.2) is 4.98 Å². The Morgan fingerprint density at radius 1 is 0.861 bits per heavy atom. The Kier molecular flexibility index (Phi) is 6.64. The Bertz CT molecular complexity index is 1560. The van der Waals surface area contributed by atoms with Crippen LogP contribution in [0.15, 0.2) is 116 Å². The Labute approximate surface area is 214 Å². The Morgan fingerprint density at radius 3 is 2.44 bits per heavy atom. The van der Waals surface area contributed by atoms with E-state index >= 15 is 0 Å². The molecule has 0 atom stereocenters. The number of pyridine rings is 1. The van der Waals surface area contributed by atoms with E-state index in [1.807, 2.05) is 6.08 Å². The molecule has 176 valence electrons. The summed E-state index contributed by atoms with van der Waals surface area (Å²) in [5.74, 6) is 0. The fourth-order valence-corrected chi connectivity index (χ4v) is 4.95. The minimum Gasteiger partial charge on any atom is -0.247 e. The molecular weight excluding hydrogens is 434 g/mol. The summed E-state index contributed by atoms with van der Waals surface area (Å²) in [4.78, 5) is 5.01. The van der Waals surface area contributed by atoms with E-state index in [1.54, 1.807) is 6.08 Å². The van der Waals surface area contributed by atoms with Gasteiger partial charge in [-0.1, -0.05) is 110 Å². The second-order valence-corrected chi connectivity index (χ2v) is 9.39. The van der Waals surface area contributed by atoms with Crippen LogP contribution in [0.3, 0.4) is 0 Å². The third-order valence-corrected chi connectivity index (χ3v) is 7.17. The van der Waals surface area contributed by atoms with Crippen LogP contribution in [0.2, 0.25) is 0 Å². The van der Waals surface area contributed by atoms with E-state index in [0.29, 0.717) is 0 Å². The minimum absolute atomic E-state index is 0.977. The van der Waals surface area contributed by atoms with E-state index in [9.17, 15) is 0 Å².